The van der Waals surface area contributed by atoms with E-state index in [0.717, 1.165) is 0 Å². The van der Waals surface area contributed by atoms with Crippen LogP contribution in [0.15, 0.2) is 30.6 Å². The fourth-order valence-electron chi connectivity index (χ4n) is 1.52. The molecule has 0 fully saturated rings. The van der Waals surface area contributed by atoms with Gasteiger partial charge in [-0.25, -0.2) is 14.3 Å². The highest BCUT2D eigenvalue weighted by Crippen LogP contribution is 2.17. The molecule has 7 nitrogen and oxygen atoms in total. The average molecular weight is 229 g/mol. The smallest absolute Gasteiger partial charge is 0.353 e. The van der Waals surface area contributed by atoms with E-state index in [0.29, 0.717) is 17.0 Å². The first-order chi connectivity index (χ1) is 8.24. The molecule has 7 heteroatoms. The molecule has 0 aromatic carbocycles. The molecule has 0 unspecified atom stereocenters. The predicted octanol–water partition coefficient (Wildman–Crippen LogP) is 0.818. The molecule has 0 aliphatic rings. The fraction of sp³-hybridized carbons (Fsp3) is 0. The van der Waals surface area contributed by atoms with Gasteiger partial charge in [-0.15, -0.1) is 0 Å². The first kappa shape index (κ1) is 9.52. The van der Waals surface area contributed by atoms with Crippen LogP contribution in [0.3, 0.4) is 0 Å². The van der Waals surface area contributed by atoms with Crippen molar-refractivity contribution in [3.63, 3.8) is 0 Å². The van der Waals surface area contributed by atoms with Crippen molar-refractivity contribution < 1.29 is 9.90 Å². The molecular formula is C10H7N5O2. The summed E-state index contributed by atoms with van der Waals surface area (Å²) >= 11 is 0. The SMILES string of the molecule is O=C(O)c1cc(-c2cc3ncccn3n2)n[nH]1. The molecular weight excluding hydrogens is 222 g/mol. The van der Waals surface area contributed by atoms with Gasteiger partial charge in [-0.1, -0.05) is 0 Å². The van der Waals surface area contributed by atoms with E-state index < -0.39 is 5.97 Å². The minimum atomic E-state index is -1.05. The number of aromatic carboxylic acids is 1. The monoisotopic (exact) mass is 229 g/mol. The number of aromatic nitrogens is 5. The minimum Gasteiger partial charge on any atom is -0.477 e. The Morgan fingerprint density at radius 3 is 2.94 bits per heavy atom. The lowest BCUT2D eigenvalue weighted by atomic mass is 10.3. The normalized spacial score (nSPS) is 10.8. The summed E-state index contributed by atoms with van der Waals surface area (Å²) in [6.45, 7) is 0. The van der Waals surface area contributed by atoms with Gasteiger partial charge in [0.15, 0.2) is 5.65 Å². The maximum Gasteiger partial charge on any atom is 0.353 e. The lowest BCUT2D eigenvalue weighted by molar-refractivity contribution is 0.0690. The van der Waals surface area contributed by atoms with E-state index in [2.05, 4.69) is 20.3 Å². The van der Waals surface area contributed by atoms with Crippen molar-refractivity contribution in [3.05, 3.63) is 36.3 Å². The third-order valence-corrected chi connectivity index (χ3v) is 2.31. The summed E-state index contributed by atoms with van der Waals surface area (Å²) in [5.41, 5.74) is 1.77. The van der Waals surface area contributed by atoms with Crippen LogP contribution in [0.2, 0.25) is 0 Å². The number of hydrogen-bond acceptors (Lipinski definition) is 4. The fourth-order valence-corrected chi connectivity index (χ4v) is 1.52. The third kappa shape index (κ3) is 1.53. The summed E-state index contributed by atoms with van der Waals surface area (Å²) in [5.74, 6) is -1.05. The van der Waals surface area contributed by atoms with Crippen molar-refractivity contribution in [1.29, 1.82) is 0 Å². The van der Waals surface area contributed by atoms with Crippen LogP contribution in [0.1, 0.15) is 10.5 Å². The quantitative estimate of drug-likeness (QED) is 0.678. The molecule has 0 saturated heterocycles. The maximum absolute atomic E-state index is 10.7. The molecule has 2 N–H and O–H groups in total. The Morgan fingerprint density at radius 2 is 2.24 bits per heavy atom. The Kier molecular flexibility index (Phi) is 1.91. The Labute approximate surface area is 94.7 Å². The van der Waals surface area contributed by atoms with Crippen molar-refractivity contribution in [3.8, 4) is 11.4 Å². The number of H-pyrrole nitrogens is 1. The number of carboxylic acids is 1. The zero-order valence-electron chi connectivity index (χ0n) is 8.53. The predicted molar refractivity (Wildman–Crippen MR) is 57.5 cm³/mol. The van der Waals surface area contributed by atoms with E-state index in [9.17, 15) is 4.79 Å². The third-order valence-electron chi connectivity index (χ3n) is 2.31. The van der Waals surface area contributed by atoms with Gasteiger partial charge in [0.25, 0.3) is 0 Å². The molecule has 3 heterocycles. The topological polar surface area (TPSA) is 96.2 Å². The van der Waals surface area contributed by atoms with Crippen LogP contribution in [0.25, 0.3) is 17.0 Å². The first-order valence-electron chi connectivity index (χ1n) is 4.83. The second-order valence-corrected chi connectivity index (χ2v) is 3.42. The summed E-state index contributed by atoms with van der Waals surface area (Å²) in [6, 6.07) is 4.93. The molecule has 0 radical (unpaired) electrons. The Morgan fingerprint density at radius 1 is 1.35 bits per heavy atom. The molecule has 3 rings (SSSR count). The highest BCUT2D eigenvalue weighted by Gasteiger charge is 2.12. The van der Waals surface area contributed by atoms with Crippen molar-refractivity contribution >= 4 is 11.6 Å². The number of hydrogen-bond donors (Lipinski definition) is 2. The van der Waals surface area contributed by atoms with Gasteiger partial charge >= 0.3 is 5.97 Å². The Balaban J connectivity index is 2.10. The molecule has 0 aliphatic carbocycles. The Hall–Kier alpha value is -2.70. The van der Waals surface area contributed by atoms with Crippen LogP contribution in [-0.4, -0.2) is 35.9 Å². The number of fused-ring (bicyclic) bond motifs is 1. The van der Waals surface area contributed by atoms with Gasteiger partial charge in [-0.3, -0.25) is 5.10 Å². The van der Waals surface area contributed by atoms with Crippen molar-refractivity contribution in [2.75, 3.05) is 0 Å². The van der Waals surface area contributed by atoms with Gasteiger partial charge in [0, 0.05) is 24.5 Å². The van der Waals surface area contributed by atoms with Crippen LogP contribution in [0.5, 0.6) is 0 Å². The number of nitrogens with zero attached hydrogens (tertiary/aromatic N) is 4. The maximum atomic E-state index is 10.7. The number of nitrogens with one attached hydrogen (secondary N) is 1. The van der Waals surface area contributed by atoms with Crippen molar-refractivity contribution in [2.24, 2.45) is 0 Å². The van der Waals surface area contributed by atoms with Crippen LogP contribution in [-0.2, 0) is 0 Å². The lowest BCUT2D eigenvalue weighted by Crippen LogP contribution is -1.95. The number of carbonyl (C=O) groups is 1. The van der Waals surface area contributed by atoms with Gasteiger partial charge in [-0.05, 0) is 6.07 Å². The first-order valence-corrected chi connectivity index (χ1v) is 4.83. The molecule has 0 bridgehead atoms. The summed E-state index contributed by atoms with van der Waals surface area (Å²) in [6.07, 6.45) is 3.42. The van der Waals surface area contributed by atoms with Crippen molar-refractivity contribution in [2.45, 2.75) is 0 Å². The zero-order valence-corrected chi connectivity index (χ0v) is 8.53. The molecule has 3 aromatic heterocycles. The van der Waals surface area contributed by atoms with Gasteiger partial charge in [0.1, 0.15) is 17.1 Å². The number of carboxylic acid groups (broad SMARTS) is 1. The van der Waals surface area contributed by atoms with Crippen LogP contribution in [0.4, 0.5) is 0 Å². The molecule has 0 aliphatic heterocycles. The average Bonchev–Trinajstić information content (AvgIpc) is 2.95. The number of rotatable bonds is 2. The zero-order chi connectivity index (χ0) is 11.8. The summed E-state index contributed by atoms with van der Waals surface area (Å²) in [4.78, 5) is 14.8. The molecule has 0 amide bonds. The molecule has 3 aromatic rings. The molecule has 84 valence electrons. The van der Waals surface area contributed by atoms with Gasteiger partial charge < -0.3 is 5.11 Å². The van der Waals surface area contributed by atoms with Crippen LogP contribution < -0.4 is 0 Å². The van der Waals surface area contributed by atoms with E-state index in [1.165, 1.54) is 6.07 Å². The second-order valence-electron chi connectivity index (χ2n) is 3.42. The van der Waals surface area contributed by atoms with E-state index in [4.69, 9.17) is 5.11 Å². The van der Waals surface area contributed by atoms with Crippen LogP contribution >= 0.6 is 0 Å². The molecule has 0 spiro atoms. The van der Waals surface area contributed by atoms with E-state index in [1.54, 1.807) is 29.0 Å². The van der Waals surface area contributed by atoms with Gasteiger partial charge in [0.05, 0.1) is 0 Å². The molecule has 0 saturated carbocycles. The van der Waals surface area contributed by atoms with Gasteiger partial charge in [-0.2, -0.15) is 10.2 Å². The van der Waals surface area contributed by atoms with E-state index in [-0.39, 0.29) is 5.69 Å². The van der Waals surface area contributed by atoms with E-state index >= 15 is 0 Å². The standard InChI is InChI=1S/C10H7N5O2/c16-10(17)8-4-6(12-13-8)7-5-9-11-2-1-3-15(9)14-7/h1-5H,(H,12,13)(H,16,17). The second kappa shape index (κ2) is 3.41. The van der Waals surface area contributed by atoms with Crippen LogP contribution in [0, 0.1) is 0 Å². The highest BCUT2D eigenvalue weighted by atomic mass is 16.4. The molecule has 17 heavy (non-hydrogen) atoms. The summed E-state index contributed by atoms with van der Waals surface area (Å²) < 4.78 is 1.60. The summed E-state index contributed by atoms with van der Waals surface area (Å²) in [7, 11) is 0. The van der Waals surface area contributed by atoms with Gasteiger partial charge in [0.2, 0.25) is 0 Å². The minimum absolute atomic E-state index is 0.0324. The molecule has 0 atom stereocenters. The van der Waals surface area contributed by atoms with Crippen molar-refractivity contribution in [1.82, 2.24) is 24.8 Å². The number of aromatic amines is 1. The largest absolute Gasteiger partial charge is 0.477 e. The summed E-state index contributed by atoms with van der Waals surface area (Å²) in [5, 5.41) is 19.3. The highest BCUT2D eigenvalue weighted by molar-refractivity contribution is 5.86. The lowest BCUT2D eigenvalue weighted by Gasteiger charge is -1.87. The van der Waals surface area contributed by atoms with E-state index in [1.807, 2.05) is 0 Å². The Bertz CT molecular complexity index is 666.